The third-order valence-electron chi connectivity index (χ3n) is 5.84. The van der Waals surface area contributed by atoms with Gasteiger partial charge in [0.15, 0.2) is 0 Å². The summed E-state index contributed by atoms with van der Waals surface area (Å²) in [7, 11) is 0. The molecule has 1 nitrogen and oxygen atoms in total. The molecule has 0 fully saturated rings. The van der Waals surface area contributed by atoms with Crippen molar-refractivity contribution in [2.45, 2.75) is 123 Å². The molecule has 0 spiro atoms. The maximum absolute atomic E-state index is 3.72. The molecule has 1 rings (SSSR count). The summed E-state index contributed by atoms with van der Waals surface area (Å²) in [6.45, 7) is 7.99. The van der Waals surface area contributed by atoms with Crippen LogP contribution in [0.3, 0.4) is 0 Å². The normalized spacial score (nSPS) is 11.4. The number of hydrogen-bond donors (Lipinski definition) is 1. The third-order valence-corrected chi connectivity index (χ3v) is 5.84. The molecule has 0 aliphatic rings. The Kier molecular flexibility index (Phi) is 18.8. The Balaban J connectivity index is 0.00000729. The van der Waals surface area contributed by atoms with Crippen molar-refractivity contribution in [1.29, 1.82) is 0 Å². The van der Waals surface area contributed by atoms with Crippen molar-refractivity contribution in [2.24, 2.45) is 0 Å². The summed E-state index contributed by atoms with van der Waals surface area (Å²) in [6.07, 6.45) is 21.4. The molecule has 0 heterocycles. The summed E-state index contributed by atoms with van der Waals surface area (Å²) in [6, 6.07) is 10.8. The fourth-order valence-corrected chi connectivity index (χ4v) is 3.85. The second kappa shape index (κ2) is 18.9. The van der Waals surface area contributed by atoms with Crippen molar-refractivity contribution in [2.75, 3.05) is 6.54 Å². The largest absolute Gasteiger partial charge is 0.308 e. The van der Waals surface area contributed by atoms with E-state index in [-0.39, 0.29) is 29.5 Å². The van der Waals surface area contributed by atoms with Gasteiger partial charge < -0.3 is 5.32 Å². The fourth-order valence-electron chi connectivity index (χ4n) is 3.85. The van der Waals surface area contributed by atoms with Crippen LogP contribution in [-0.4, -0.2) is 6.54 Å². The maximum atomic E-state index is 3.72. The van der Waals surface area contributed by atoms with Crippen LogP contribution in [0.4, 0.5) is 0 Å². The van der Waals surface area contributed by atoms with Gasteiger partial charge in [-0.2, -0.15) is 0 Å². The van der Waals surface area contributed by atoms with Gasteiger partial charge in [-0.1, -0.05) is 127 Å². The highest BCUT2D eigenvalue weighted by atomic mass is 127. The lowest BCUT2D eigenvalue weighted by molar-refractivity contribution is 0.394. The number of nitrogens with one attached hydrogen (secondary N) is 1. The van der Waals surface area contributed by atoms with Crippen LogP contribution in [0.25, 0.3) is 0 Å². The molecule has 2 heteroatoms. The van der Waals surface area contributed by atoms with Gasteiger partial charge in [-0.3, -0.25) is 0 Å². The van der Waals surface area contributed by atoms with E-state index in [1.807, 2.05) is 0 Å². The van der Waals surface area contributed by atoms with Crippen molar-refractivity contribution in [3.63, 3.8) is 0 Å². The second-order valence-corrected chi connectivity index (χ2v) is 8.87. The van der Waals surface area contributed by atoms with Crippen molar-refractivity contribution in [3.8, 4) is 0 Å². The molecule has 164 valence electrons. The van der Waals surface area contributed by atoms with E-state index in [1.165, 1.54) is 102 Å². The van der Waals surface area contributed by atoms with E-state index in [2.05, 4.69) is 56.4 Å². The van der Waals surface area contributed by atoms with E-state index < -0.39 is 0 Å². The van der Waals surface area contributed by atoms with Crippen LogP contribution in [0.1, 0.15) is 123 Å². The van der Waals surface area contributed by atoms with Gasteiger partial charge in [-0.25, -0.2) is 0 Å². The first kappa shape index (κ1) is 27.9. The van der Waals surface area contributed by atoms with Gasteiger partial charge in [0.05, 0.1) is 0 Å². The van der Waals surface area contributed by atoms with Gasteiger partial charge in [0, 0.05) is 5.54 Å². The molecule has 1 aromatic carbocycles. The molecule has 1 N–H and O–H groups in total. The lowest BCUT2D eigenvalue weighted by atomic mass is 9.94. The van der Waals surface area contributed by atoms with Crippen molar-refractivity contribution >= 4 is 24.0 Å². The van der Waals surface area contributed by atoms with Gasteiger partial charge in [0.2, 0.25) is 0 Å². The van der Waals surface area contributed by atoms with Gasteiger partial charge in [-0.05, 0) is 32.4 Å². The van der Waals surface area contributed by atoms with Crippen LogP contribution in [0.5, 0.6) is 0 Å². The first-order valence-electron chi connectivity index (χ1n) is 12.0. The maximum Gasteiger partial charge on any atom is 0.0377 e. The summed E-state index contributed by atoms with van der Waals surface area (Å²) in [5.41, 5.74) is 1.46. The second-order valence-electron chi connectivity index (χ2n) is 8.87. The average molecular weight is 502 g/mol. The predicted octanol–water partition coefficient (Wildman–Crippen LogP) is 9.00. The van der Waals surface area contributed by atoms with Crippen molar-refractivity contribution < 1.29 is 0 Å². The first-order valence-corrected chi connectivity index (χ1v) is 12.0. The molecule has 0 aromatic heterocycles. The summed E-state index contributed by atoms with van der Waals surface area (Å²) >= 11 is 0. The topological polar surface area (TPSA) is 12.0 Å². The van der Waals surface area contributed by atoms with Gasteiger partial charge >= 0.3 is 0 Å². The first-order chi connectivity index (χ1) is 13.2. The lowest BCUT2D eigenvalue weighted by Gasteiger charge is -2.27. The van der Waals surface area contributed by atoms with Gasteiger partial charge in [0.1, 0.15) is 0 Å². The zero-order chi connectivity index (χ0) is 19.6. The molecule has 0 saturated heterocycles. The Morgan fingerprint density at radius 3 is 1.43 bits per heavy atom. The van der Waals surface area contributed by atoms with E-state index in [0.717, 1.165) is 6.54 Å². The highest BCUT2D eigenvalue weighted by Gasteiger charge is 2.18. The molecule has 0 aliphatic carbocycles. The Bertz CT molecular complexity index is 429. The van der Waals surface area contributed by atoms with Crippen molar-refractivity contribution in [3.05, 3.63) is 35.9 Å². The van der Waals surface area contributed by atoms with E-state index in [4.69, 9.17) is 0 Å². The van der Waals surface area contributed by atoms with Crippen LogP contribution in [-0.2, 0) is 5.54 Å². The van der Waals surface area contributed by atoms with Crippen LogP contribution in [0.2, 0.25) is 0 Å². The van der Waals surface area contributed by atoms with Crippen molar-refractivity contribution in [1.82, 2.24) is 5.32 Å². The highest BCUT2D eigenvalue weighted by molar-refractivity contribution is 14.0. The monoisotopic (exact) mass is 501 g/mol. The van der Waals surface area contributed by atoms with Crippen LogP contribution < -0.4 is 5.32 Å². The van der Waals surface area contributed by atoms with E-state index in [1.54, 1.807) is 0 Å². The molecule has 0 radical (unpaired) electrons. The number of hydrogen-bond acceptors (Lipinski definition) is 1. The van der Waals surface area contributed by atoms with E-state index in [9.17, 15) is 0 Å². The Morgan fingerprint density at radius 2 is 1.00 bits per heavy atom. The molecule has 0 aliphatic heterocycles. The lowest BCUT2D eigenvalue weighted by Crippen LogP contribution is -2.37. The minimum Gasteiger partial charge on any atom is -0.308 e. The zero-order valence-corrected chi connectivity index (χ0v) is 21.4. The minimum atomic E-state index is 0. The van der Waals surface area contributed by atoms with Gasteiger partial charge in [0.25, 0.3) is 0 Å². The summed E-state index contributed by atoms with van der Waals surface area (Å²) < 4.78 is 0. The fraction of sp³-hybridized carbons (Fsp3) is 0.769. The molecule has 0 amide bonds. The average Bonchev–Trinajstić information content (AvgIpc) is 2.68. The quantitative estimate of drug-likeness (QED) is 0.156. The molecule has 0 unspecified atom stereocenters. The summed E-state index contributed by atoms with van der Waals surface area (Å²) in [5, 5.41) is 3.72. The standard InChI is InChI=1S/C26H47N.HI/c1-4-5-6-7-8-9-10-11-12-13-14-15-16-17-21-24-27-26(2,3)25-22-19-18-20-23-25;/h18-20,22-23,27H,4-17,21,24H2,1-3H3;1H. The number of rotatable bonds is 18. The number of halogens is 1. The summed E-state index contributed by atoms with van der Waals surface area (Å²) in [4.78, 5) is 0. The third kappa shape index (κ3) is 14.8. The van der Waals surface area contributed by atoms with Crippen LogP contribution in [0, 0.1) is 0 Å². The number of unbranched alkanes of at least 4 members (excludes halogenated alkanes) is 14. The molecule has 0 bridgehead atoms. The predicted molar refractivity (Wildman–Crippen MR) is 138 cm³/mol. The molecule has 1 aromatic rings. The SMILES string of the molecule is CCCCCCCCCCCCCCCCCNC(C)(C)c1ccccc1.I. The molecule has 28 heavy (non-hydrogen) atoms. The van der Waals surface area contributed by atoms with Gasteiger partial charge in [-0.15, -0.1) is 24.0 Å². The highest BCUT2D eigenvalue weighted by Crippen LogP contribution is 2.19. The zero-order valence-electron chi connectivity index (χ0n) is 19.1. The Hall–Kier alpha value is -0.0900. The van der Waals surface area contributed by atoms with Crippen LogP contribution in [0.15, 0.2) is 30.3 Å². The Labute approximate surface area is 193 Å². The smallest absolute Gasteiger partial charge is 0.0377 e. The Morgan fingerprint density at radius 1 is 0.607 bits per heavy atom. The molecule has 0 atom stereocenters. The van der Waals surface area contributed by atoms with Crippen LogP contribution >= 0.6 is 24.0 Å². The molecule has 0 saturated carbocycles. The molecular weight excluding hydrogens is 453 g/mol. The van der Waals surface area contributed by atoms with E-state index in [0.29, 0.717) is 0 Å². The minimum absolute atomic E-state index is 0. The molecular formula is C26H48IN. The van der Waals surface area contributed by atoms with E-state index >= 15 is 0 Å². The summed E-state index contributed by atoms with van der Waals surface area (Å²) in [5.74, 6) is 0. The number of benzene rings is 1.